The molecule has 1 heterocycles. The quantitative estimate of drug-likeness (QED) is 0.453. The number of amides is 2. The third kappa shape index (κ3) is 6.22. The highest BCUT2D eigenvalue weighted by atomic mass is 32.2. The number of carbonyl (C=O) groups excluding carboxylic acids is 2. The van der Waals surface area contributed by atoms with Crippen LogP contribution in [0.3, 0.4) is 0 Å². The maximum Gasteiger partial charge on any atom is 0.242 e. The van der Waals surface area contributed by atoms with Gasteiger partial charge < -0.3 is 19.5 Å². The van der Waals surface area contributed by atoms with Gasteiger partial charge in [-0.2, -0.15) is 0 Å². The zero-order valence-electron chi connectivity index (χ0n) is 20.8. The topological polar surface area (TPSA) is 97.7 Å². The fourth-order valence-electron chi connectivity index (χ4n) is 4.24. The van der Waals surface area contributed by atoms with E-state index in [0.717, 1.165) is 0 Å². The van der Waals surface area contributed by atoms with Gasteiger partial charge in [0.05, 0.1) is 11.5 Å². The third-order valence-electron chi connectivity index (χ3n) is 5.56. The first-order valence-electron chi connectivity index (χ1n) is 11.7. The molecule has 9 heteroatoms. The van der Waals surface area contributed by atoms with Gasteiger partial charge in [0, 0.05) is 34.9 Å². The molecule has 0 atom stereocenters. The zero-order chi connectivity index (χ0) is 25.8. The summed E-state index contributed by atoms with van der Waals surface area (Å²) in [5.41, 5.74) is 1.10. The van der Waals surface area contributed by atoms with Crippen molar-refractivity contribution in [3.8, 4) is 5.75 Å². The average molecular weight is 500 g/mol. The molecule has 0 spiro atoms. The smallest absolute Gasteiger partial charge is 0.242 e. The van der Waals surface area contributed by atoms with Crippen molar-refractivity contribution in [1.82, 2.24) is 9.47 Å². The van der Waals surface area contributed by atoms with Gasteiger partial charge in [-0.15, -0.1) is 0 Å². The molecular formula is C26H33N3O5S. The van der Waals surface area contributed by atoms with Crippen molar-refractivity contribution >= 4 is 38.2 Å². The Morgan fingerprint density at radius 2 is 1.63 bits per heavy atom. The van der Waals surface area contributed by atoms with Crippen molar-refractivity contribution < 1.29 is 22.7 Å². The summed E-state index contributed by atoms with van der Waals surface area (Å²) in [5, 5.41) is 3.10. The van der Waals surface area contributed by atoms with Crippen molar-refractivity contribution in [1.29, 1.82) is 0 Å². The lowest BCUT2D eigenvalue weighted by molar-refractivity contribution is -0.135. The number of fused-ring (bicyclic) bond motifs is 1. The van der Waals surface area contributed by atoms with E-state index in [0.29, 0.717) is 28.9 Å². The average Bonchev–Trinajstić information content (AvgIpc) is 3.14. The van der Waals surface area contributed by atoms with Crippen LogP contribution >= 0.6 is 0 Å². The normalized spacial score (nSPS) is 11.7. The largest absolute Gasteiger partial charge is 0.494 e. The molecule has 188 valence electrons. The van der Waals surface area contributed by atoms with Crippen LogP contribution in [-0.4, -0.2) is 54.1 Å². The summed E-state index contributed by atoms with van der Waals surface area (Å²) in [6.07, 6.45) is 1.46. The molecule has 0 unspecified atom stereocenters. The highest BCUT2D eigenvalue weighted by Crippen LogP contribution is 2.27. The first-order valence-corrected chi connectivity index (χ1v) is 13.3. The van der Waals surface area contributed by atoms with Gasteiger partial charge in [-0.05, 0) is 65.0 Å². The van der Waals surface area contributed by atoms with E-state index in [1.165, 1.54) is 6.20 Å². The van der Waals surface area contributed by atoms with Crippen molar-refractivity contribution in [2.24, 2.45) is 0 Å². The predicted octanol–water partition coefficient (Wildman–Crippen LogP) is 4.10. The summed E-state index contributed by atoms with van der Waals surface area (Å²) in [5.74, 6) is -0.804. The lowest BCUT2D eigenvalue weighted by atomic mass is 10.2. The number of ether oxygens (including phenoxy) is 1. The van der Waals surface area contributed by atoms with Crippen LogP contribution in [0.1, 0.15) is 34.6 Å². The number of sulfone groups is 1. The van der Waals surface area contributed by atoms with Crippen molar-refractivity contribution in [3.63, 3.8) is 0 Å². The summed E-state index contributed by atoms with van der Waals surface area (Å²) in [6.45, 7) is 10.2. The molecule has 3 rings (SSSR count). The second-order valence-corrected chi connectivity index (χ2v) is 10.8. The van der Waals surface area contributed by atoms with Gasteiger partial charge in [0.2, 0.25) is 11.8 Å². The minimum atomic E-state index is -3.97. The van der Waals surface area contributed by atoms with Gasteiger partial charge in [0.1, 0.15) is 18.0 Å². The predicted molar refractivity (Wildman–Crippen MR) is 137 cm³/mol. The minimum Gasteiger partial charge on any atom is -0.494 e. The van der Waals surface area contributed by atoms with Crippen molar-refractivity contribution in [3.05, 3.63) is 54.7 Å². The van der Waals surface area contributed by atoms with E-state index in [1.807, 2.05) is 34.6 Å². The number of nitrogens with zero attached hydrogens (tertiary/aromatic N) is 2. The van der Waals surface area contributed by atoms with Crippen LogP contribution < -0.4 is 10.1 Å². The van der Waals surface area contributed by atoms with E-state index < -0.39 is 21.5 Å². The SMILES string of the molecule is CCOc1ccc(NC(=O)CS(=O)(=O)c2cn(CC(=O)N(C(C)C)C(C)C)c3ccccc23)cc1. The van der Waals surface area contributed by atoms with Gasteiger partial charge >= 0.3 is 0 Å². The molecule has 0 aliphatic carbocycles. The lowest BCUT2D eigenvalue weighted by Crippen LogP contribution is -2.43. The van der Waals surface area contributed by atoms with E-state index in [-0.39, 0.29) is 29.4 Å². The molecule has 2 aromatic carbocycles. The molecule has 3 aromatic rings. The molecule has 1 N–H and O–H groups in total. The van der Waals surface area contributed by atoms with Crippen LogP contribution in [0.15, 0.2) is 59.6 Å². The van der Waals surface area contributed by atoms with E-state index >= 15 is 0 Å². The molecule has 8 nitrogen and oxygen atoms in total. The molecule has 1 aromatic heterocycles. The monoisotopic (exact) mass is 499 g/mol. The second kappa shape index (κ2) is 10.9. The number of hydrogen-bond acceptors (Lipinski definition) is 5. The van der Waals surface area contributed by atoms with Gasteiger partial charge in [0.25, 0.3) is 0 Å². The highest BCUT2D eigenvalue weighted by molar-refractivity contribution is 7.92. The molecule has 2 amide bonds. The number of para-hydroxylation sites is 1. The highest BCUT2D eigenvalue weighted by Gasteiger charge is 2.26. The summed E-state index contributed by atoms with van der Waals surface area (Å²) in [4.78, 5) is 27.4. The Morgan fingerprint density at radius 1 is 1.00 bits per heavy atom. The maximum atomic E-state index is 13.2. The van der Waals surface area contributed by atoms with Crippen LogP contribution in [-0.2, 0) is 26.0 Å². The maximum absolute atomic E-state index is 13.2. The summed E-state index contributed by atoms with van der Waals surface area (Å²) in [7, 11) is -3.97. The van der Waals surface area contributed by atoms with Crippen LogP contribution in [0.25, 0.3) is 10.9 Å². The minimum absolute atomic E-state index is 0.00473. The van der Waals surface area contributed by atoms with Crippen LogP contribution in [0.5, 0.6) is 5.75 Å². The second-order valence-electron chi connectivity index (χ2n) is 8.89. The Hall–Kier alpha value is -3.33. The number of benzene rings is 2. The first kappa shape index (κ1) is 26.3. The molecule has 35 heavy (non-hydrogen) atoms. The first-order chi connectivity index (χ1) is 16.5. The van der Waals surface area contributed by atoms with Crippen LogP contribution in [0, 0.1) is 0 Å². The summed E-state index contributed by atoms with van der Waals surface area (Å²) >= 11 is 0. The summed E-state index contributed by atoms with van der Waals surface area (Å²) < 4.78 is 33.5. The number of hydrogen-bond donors (Lipinski definition) is 1. The third-order valence-corrected chi connectivity index (χ3v) is 7.20. The fourth-order valence-corrected chi connectivity index (χ4v) is 5.61. The van der Waals surface area contributed by atoms with Crippen LogP contribution in [0.2, 0.25) is 0 Å². The molecule has 0 aliphatic rings. The van der Waals surface area contributed by atoms with E-state index in [9.17, 15) is 18.0 Å². The van der Waals surface area contributed by atoms with Gasteiger partial charge in [0.15, 0.2) is 9.84 Å². The van der Waals surface area contributed by atoms with Gasteiger partial charge in [-0.1, -0.05) is 18.2 Å². The number of carbonyl (C=O) groups is 2. The number of aromatic nitrogens is 1. The lowest BCUT2D eigenvalue weighted by Gasteiger charge is -2.31. The molecular weight excluding hydrogens is 466 g/mol. The Morgan fingerprint density at radius 3 is 2.23 bits per heavy atom. The Kier molecular flexibility index (Phi) is 8.22. The Balaban J connectivity index is 1.84. The summed E-state index contributed by atoms with van der Waals surface area (Å²) in [6, 6.07) is 13.7. The molecule has 0 bridgehead atoms. The van der Waals surface area contributed by atoms with Gasteiger partial charge in [-0.25, -0.2) is 8.42 Å². The van der Waals surface area contributed by atoms with E-state index in [1.54, 1.807) is 58.0 Å². The number of anilines is 1. The zero-order valence-corrected chi connectivity index (χ0v) is 21.6. The van der Waals surface area contributed by atoms with Crippen molar-refractivity contribution in [2.75, 3.05) is 17.7 Å². The Labute approximate surface area is 206 Å². The standard InChI is InChI=1S/C26H33N3O5S/c1-6-34-21-13-11-20(12-14-21)27-25(30)17-35(32,33)24-15-28(23-10-8-7-9-22(23)24)16-26(31)29(18(2)3)19(4)5/h7-15,18-19H,6,16-17H2,1-5H3,(H,27,30). The molecule has 0 saturated carbocycles. The van der Waals surface area contributed by atoms with E-state index in [4.69, 9.17) is 4.74 Å². The van der Waals surface area contributed by atoms with E-state index in [2.05, 4.69) is 5.32 Å². The van der Waals surface area contributed by atoms with Crippen LogP contribution in [0.4, 0.5) is 5.69 Å². The fraction of sp³-hybridized carbons (Fsp3) is 0.385. The molecule has 0 aliphatic heterocycles. The molecule has 0 saturated heterocycles. The number of nitrogens with one attached hydrogen (secondary N) is 1. The van der Waals surface area contributed by atoms with Gasteiger partial charge in [-0.3, -0.25) is 9.59 Å². The molecule has 0 fully saturated rings. The molecule has 0 radical (unpaired) electrons. The van der Waals surface area contributed by atoms with Crippen molar-refractivity contribution in [2.45, 2.75) is 58.1 Å². The number of rotatable bonds is 10. The Bertz CT molecular complexity index is 1290.